The summed E-state index contributed by atoms with van der Waals surface area (Å²) in [7, 11) is 1.64. The third kappa shape index (κ3) is 6.59. The van der Waals surface area contributed by atoms with Crippen LogP contribution in [0, 0.1) is 6.92 Å². The molecule has 1 aromatic carbocycles. The SMILES string of the molecule is CCNC(=NCCCn1cc(C)cn1)NCCc1ccc(OC)cc1Cl. The highest BCUT2D eigenvalue weighted by atomic mass is 35.5. The van der Waals surface area contributed by atoms with Crippen molar-refractivity contribution >= 4 is 17.6 Å². The van der Waals surface area contributed by atoms with Crippen molar-refractivity contribution in [2.24, 2.45) is 4.99 Å². The van der Waals surface area contributed by atoms with Gasteiger partial charge in [-0.05, 0) is 49.9 Å². The Morgan fingerprint density at radius 3 is 2.85 bits per heavy atom. The number of guanidine groups is 1. The van der Waals surface area contributed by atoms with Crippen molar-refractivity contribution in [3.63, 3.8) is 0 Å². The molecule has 0 amide bonds. The molecule has 1 heterocycles. The number of benzene rings is 1. The number of ether oxygens (including phenoxy) is 1. The van der Waals surface area contributed by atoms with E-state index in [1.54, 1.807) is 7.11 Å². The zero-order valence-corrected chi connectivity index (χ0v) is 16.5. The van der Waals surface area contributed by atoms with Crippen LogP contribution < -0.4 is 15.4 Å². The van der Waals surface area contributed by atoms with Crippen LogP contribution in [0.1, 0.15) is 24.5 Å². The summed E-state index contributed by atoms with van der Waals surface area (Å²) in [6.07, 6.45) is 5.69. The Hall–Kier alpha value is -2.21. The fourth-order valence-corrected chi connectivity index (χ4v) is 2.79. The molecule has 0 radical (unpaired) electrons. The van der Waals surface area contributed by atoms with E-state index in [0.717, 1.165) is 61.3 Å². The van der Waals surface area contributed by atoms with E-state index >= 15 is 0 Å². The smallest absolute Gasteiger partial charge is 0.191 e. The van der Waals surface area contributed by atoms with Gasteiger partial charge in [0.15, 0.2) is 5.96 Å². The van der Waals surface area contributed by atoms with Gasteiger partial charge in [-0.3, -0.25) is 9.67 Å². The quantitative estimate of drug-likeness (QED) is 0.400. The summed E-state index contributed by atoms with van der Waals surface area (Å²) in [4.78, 5) is 4.62. The second-order valence-corrected chi connectivity index (χ2v) is 6.44. The summed E-state index contributed by atoms with van der Waals surface area (Å²) in [5.41, 5.74) is 2.27. The van der Waals surface area contributed by atoms with Crippen molar-refractivity contribution in [1.82, 2.24) is 20.4 Å². The summed E-state index contributed by atoms with van der Waals surface area (Å²) in [5.74, 6) is 1.60. The lowest BCUT2D eigenvalue weighted by atomic mass is 10.1. The van der Waals surface area contributed by atoms with Crippen LogP contribution in [0.5, 0.6) is 5.75 Å². The molecule has 0 aliphatic carbocycles. The summed E-state index contributed by atoms with van der Waals surface area (Å²) in [6, 6.07) is 5.77. The van der Waals surface area contributed by atoms with E-state index < -0.39 is 0 Å². The predicted molar refractivity (Wildman–Crippen MR) is 107 cm³/mol. The van der Waals surface area contributed by atoms with E-state index in [2.05, 4.69) is 27.6 Å². The van der Waals surface area contributed by atoms with Crippen LogP contribution in [-0.2, 0) is 13.0 Å². The van der Waals surface area contributed by atoms with Gasteiger partial charge in [0.2, 0.25) is 0 Å². The van der Waals surface area contributed by atoms with Gasteiger partial charge in [-0.15, -0.1) is 0 Å². The molecule has 0 fully saturated rings. The average molecular weight is 378 g/mol. The Balaban J connectivity index is 1.77. The predicted octanol–water partition coefficient (Wildman–Crippen LogP) is 3.04. The number of methoxy groups -OCH3 is 1. The average Bonchev–Trinajstić information content (AvgIpc) is 3.05. The van der Waals surface area contributed by atoms with Crippen molar-refractivity contribution in [3.05, 3.63) is 46.7 Å². The highest BCUT2D eigenvalue weighted by molar-refractivity contribution is 6.31. The lowest BCUT2D eigenvalue weighted by Crippen LogP contribution is -2.38. The van der Waals surface area contributed by atoms with E-state index in [1.165, 1.54) is 5.56 Å². The molecule has 0 bridgehead atoms. The maximum Gasteiger partial charge on any atom is 0.191 e. The molecule has 2 N–H and O–H groups in total. The summed E-state index contributed by atoms with van der Waals surface area (Å²) in [6.45, 7) is 7.31. The Kier molecular flexibility index (Phi) is 8.28. The van der Waals surface area contributed by atoms with Gasteiger partial charge < -0.3 is 15.4 Å². The Morgan fingerprint density at radius 2 is 2.19 bits per heavy atom. The van der Waals surface area contributed by atoms with Crippen LogP contribution in [0.25, 0.3) is 0 Å². The Bertz CT molecular complexity index is 714. The first-order chi connectivity index (χ1) is 12.6. The molecule has 0 atom stereocenters. The third-order valence-corrected chi connectivity index (χ3v) is 4.22. The summed E-state index contributed by atoms with van der Waals surface area (Å²) < 4.78 is 7.13. The van der Waals surface area contributed by atoms with E-state index in [-0.39, 0.29) is 0 Å². The maximum absolute atomic E-state index is 6.29. The first-order valence-electron chi connectivity index (χ1n) is 8.96. The number of aryl methyl sites for hydroxylation is 2. The molecule has 0 aliphatic heterocycles. The Labute approximate surface area is 160 Å². The van der Waals surface area contributed by atoms with Crippen molar-refractivity contribution in [1.29, 1.82) is 0 Å². The summed E-state index contributed by atoms with van der Waals surface area (Å²) >= 11 is 6.29. The standard InChI is InChI=1S/C19H28ClN5O/c1-4-21-19(22-9-5-11-25-14-15(2)13-24-25)23-10-8-16-6-7-17(26-3)12-18(16)20/h6-7,12-14H,4-5,8-11H2,1-3H3,(H2,21,22,23). The molecule has 142 valence electrons. The van der Waals surface area contributed by atoms with E-state index in [1.807, 2.05) is 42.2 Å². The molecule has 0 unspecified atom stereocenters. The molecular formula is C19H28ClN5O. The minimum Gasteiger partial charge on any atom is -0.497 e. The van der Waals surface area contributed by atoms with Gasteiger partial charge in [0.05, 0.1) is 13.3 Å². The molecule has 0 spiro atoms. The van der Waals surface area contributed by atoms with Gasteiger partial charge in [0.1, 0.15) is 5.75 Å². The molecule has 2 aromatic rings. The van der Waals surface area contributed by atoms with E-state index in [9.17, 15) is 0 Å². The molecular weight excluding hydrogens is 350 g/mol. The number of hydrogen-bond acceptors (Lipinski definition) is 3. The van der Waals surface area contributed by atoms with Crippen LogP contribution in [0.3, 0.4) is 0 Å². The number of hydrogen-bond donors (Lipinski definition) is 2. The lowest BCUT2D eigenvalue weighted by Gasteiger charge is -2.12. The van der Waals surface area contributed by atoms with Gasteiger partial charge in [0, 0.05) is 37.4 Å². The summed E-state index contributed by atoms with van der Waals surface area (Å²) in [5, 5.41) is 11.6. The zero-order valence-electron chi connectivity index (χ0n) is 15.8. The van der Waals surface area contributed by atoms with Crippen LogP contribution in [0.2, 0.25) is 5.02 Å². The van der Waals surface area contributed by atoms with Crippen LogP contribution in [-0.4, -0.2) is 42.5 Å². The number of aliphatic imine (C=N–C) groups is 1. The van der Waals surface area contributed by atoms with Crippen molar-refractivity contribution in [3.8, 4) is 5.75 Å². The number of rotatable bonds is 9. The van der Waals surface area contributed by atoms with Gasteiger partial charge >= 0.3 is 0 Å². The first kappa shape index (κ1) is 20.1. The number of halogens is 1. The molecule has 0 aliphatic rings. The van der Waals surface area contributed by atoms with Gasteiger partial charge in [-0.25, -0.2) is 0 Å². The maximum atomic E-state index is 6.29. The molecule has 7 heteroatoms. The van der Waals surface area contributed by atoms with Crippen LogP contribution in [0.15, 0.2) is 35.6 Å². The van der Waals surface area contributed by atoms with Gasteiger partial charge in [0.25, 0.3) is 0 Å². The highest BCUT2D eigenvalue weighted by Crippen LogP contribution is 2.22. The van der Waals surface area contributed by atoms with Crippen molar-refractivity contribution < 1.29 is 4.74 Å². The minimum absolute atomic E-state index is 0.725. The number of nitrogens with one attached hydrogen (secondary N) is 2. The minimum atomic E-state index is 0.725. The molecule has 2 rings (SSSR count). The highest BCUT2D eigenvalue weighted by Gasteiger charge is 2.03. The van der Waals surface area contributed by atoms with E-state index in [4.69, 9.17) is 16.3 Å². The fraction of sp³-hybridized carbons (Fsp3) is 0.474. The van der Waals surface area contributed by atoms with Crippen molar-refractivity contribution in [2.45, 2.75) is 33.2 Å². The second-order valence-electron chi connectivity index (χ2n) is 6.03. The zero-order chi connectivity index (χ0) is 18.8. The van der Waals surface area contributed by atoms with Crippen molar-refractivity contribution in [2.75, 3.05) is 26.7 Å². The Morgan fingerprint density at radius 1 is 1.35 bits per heavy atom. The van der Waals surface area contributed by atoms with E-state index in [0.29, 0.717) is 0 Å². The molecule has 0 saturated heterocycles. The molecule has 1 aromatic heterocycles. The fourth-order valence-electron chi connectivity index (χ4n) is 2.53. The number of aromatic nitrogens is 2. The topological polar surface area (TPSA) is 63.5 Å². The molecule has 6 nitrogen and oxygen atoms in total. The largest absolute Gasteiger partial charge is 0.497 e. The third-order valence-electron chi connectivity index (χ3n) is 3.87. The number of nitrogens with zero attached hydrogens (tertiary/aromatic N) is 3. The molecule has 0 saturated carbocycles. The van der Waals surface area contributed by atoms with Gasteiger partial charge in [-0.1, -0.05) is 17.7 Å². The molecule has 26 heavy (non-hydrogen) atoms. The van der Waals surface area contributed by atoms with Crippen LogP contribution >= 0.6 is 11.6 Å². The monoisotopic (exact) mass is 377 g/mol. The second kappa shape index (κ2) is 10.7. The first-order valence-corrected chi connectivity index (χ1v) is 9.33. The lowest BCUT2D eigenvalue weighted by molar-refractivity contribution is 0.414. The normalized spacial score (nSPS) is 11.5. The van der Waals surface area contributed by atoms with Crippen LogP contribution in [0.4, 0.5) is 0 Å². The van der Waals surface area contributed by atoms with Gasteiger partial charge in [-0.2, -0.15) is 5.10 Å².